The van der Waals surface area contributed by atoms with E-state index in [1.165, 1.54) is 16.9 Å². The number of rotatable bonds is 12. The first-order valence-corrected chi connectivity index (χ1v) is 15.7. The lowest BCUT2D eigenvalue weighted by molar-refractivity contribution is 0.548. The van der Waals surface area contributed by atoms with Crippen LogP contribution in [0.4, 0.5) is 5.69 Å². The minimum Gasteiger partial charge on any atom is -0.289 e. The van der Waals surface area contributed by atoms with E-state index in [1.54, 1.807) is 23.5 Å². The third kappa shape index (κ3) is 7.92. The molecule has 1 aliphatic rings. The Kier molecular flexibility index (Phi) is 9.04. The second kappa shape index (κ2) is 12.2. The smallest absolute Gasteiger partial charge is 0.259 e. The van der Waals surface area contributed by atoms with Crippen LogP contribution in [0.5, 0.6) is 0 Å². The molecule has 0 radical (unpaired) electrons. The highest BCUT2D eigenvalue weighted by Gasteiger charge is 2.23. The number of thiophene rings is 1. The van der Waals surface area contributed by atoms with Crippen molar-refractivity contribution in [1.29, 1.82) is 0 Å². The topological polar surface area (TPSA) is 108 Å². The zero-order chi connectivity index (χ0) is 24.7. The van der Waals surface area contributed by atoms with E-state index in [9.17, 15) is 12.6 Å². The van der Waals surface area contributed by atoms with Crippen LogP contribution in [0, 0.1) is 0 Å². The first kappa shape index (κ1) is 25.9. The van der Waals surface area contributed by atoms with E-state index in [0.717, 1.165) is 34.7 Å². The van der Waals surface area contributed by atoms with E-state index in [-0.39, 0.29) is 5.75 Å². The molecule has 0 saturated carbocycles. The van der Waals surface area contributed by atoms with E-state index in [2.05, 4.69) is 27.7 Å². The SMILES string of the molecule is O=S(O)Nc1ccc(C[C@H](NS(=O)(=O)CCCC2=CCCC=C2)c2csc(-c3cccs3)n2)cc1. The number of hydrogen-bond acceptors (Lipinski definition) is 6. The van der Waals surface area contributed by atoms with Gasteiger partial charge in [-0.3, -0.25) is 9.27 Å². The minimum absolute atomic E-state index is 0.0434. The molecular formula is C24H27N3O4S4. The van der Waals surface area contributed by atoms with Gasteiger partial charge in [0.2, 0.25) is 10.0 Å². The normalized spacial score (nSPS) is 15.5. The van der Waals surface area contributed by atoms with Gasteiger partial charge in [-0.25, -0.2) is 22.3 Å². The molecule has 1 aromatic carbocycles. The van der Waals surface area contributed by atoms with E-state index in [0.29, 0.717) is 24.2 Å². The van der Waals surface area contributed by atoms with Crippen molar-refractivity contribution in [2.24, 2.45) is 0 Å². The molecule has 0 aliphatic heterocycles. The molecule has 0 spiro atoms. The Labute approximate surface area is 216 Å². The van der Waals surface area contributed by atoms with Crippen LogP contribution >= 0.6 is 22.7 Å². The molecule has 11 heteroatoms. The van der Waals surface area contributed by atoms with Gasteiger partial charge in [0.15, 0.2) is 0 Å². The number of nitrogens with one attached hydrogen (secondary N) is 2. The van der Waals surface area contributed by atoms with Crippen molar-refractivity contribution in [2.45, 2.75) is 38.1 Å². The number of aromatic nitrogens is 1. The number of anilines is 1. The molecule has 7 nitrogen and oxygen atoms in total. The first-order valence-electron chi connectivity index (χ1n) is 11.2. The average Bonchev–Trinajstić information content (AvgIpc) is 3.52. The molecule has 2 aromatic heterocycles. The molecular weight excluding hydrogens is 523 g/mol. The Bertz CT molecular complexity index is 1300. The summed E-state index contributed by atoms with van der Waals surface area (Å²) < 4.78 is 51.3. The van der Waals surface area contributed by atoms with Crippen molar-refractivity contribution in [3.8, 4) is 9.88 Å². The first-order chi connectivity index (χ1) is 16.9. The molecule has 3 aromatic rings. The van der Waals surface area contributed by atoms with Crippen LogP contribution in [0.1, 0.15) is 43.0 Å². The fraction of sp³-hybridized carbons (Fsp3) is 0.292. The van der Waals surface area contributed by atoms with E-state index < -0.39 is 27.3 Å². The summed E-state index contributed by atoms with van der Waals surface area (Å²) in [7, 11) is -3.54. The predicted molar refractivity (Wildman–Crippen MR) is 145 cm³/mol. The van der Waals surface area contributed by atoms with E-state index >= 15 is 0 Å². The summed E-state index contributed by atoms with van der Waals surface area (Å²) in [5.41, 5.74) is 3.26. The summed E-state index contributed by atoms with van der Waals surface area (Å²) in [5.74, 6) is 0.0434. The number of hydrogen-bond donors (Lipinski definition) is 3. The highest BCUT2D eigenvalue weighted by Crippen LogP contribution is 2.31. The van der Waals surface area contributed by atoms with Crippen LogP contribution in [0.3, 0.4) is 0 Å². The predicted octanol–water partition coefficient (Wildman–Crippen LogP) is 5.68. The van der Waals surface area contributed by atoms with Crippen molar-refractivity contribution in [2.75, 3.05) is 10.5 Å². The van der Waals surface area contributed by atoms with Gasteiger partial charge in [0, 0.05) is 11.1 Å². The van der Waals surface area contributed by atoms with Crippen LogP contribution < -0.4 is 9.44 Å². The molecule has 2 atom stereocenters. The summed E-state index contributed by atoms with van der Waals surface area (Å²) in [6.45, 7) is 0. The largest absolute Gasteiger partial charge is 0.289 e. The standard InChI is InChI=1S/C24H27N3O4S4/c28-34(29)26-20-12-10-19(11-13-20)16-21(22-17-33-24(25-22)23-9-4-14-32-23)27-35(30,31)15-5-8-18-6-2-1-3-7-18/h2,4,6-7,9-14,17,21,26-27H,1,3,5,8,15-16H2,(H,28,29)/t21-/m0/s1. The van der Waals surface area contributed by atoms with Crippen LogP contribution in [-0.2, 0) is 27.7 Å². The summed E-state index contributed by atoms with van der Waals surface area (Å²) in [6, 6.07) is 10.4. The van der Waals surface area contributed by atoms with Gasteiger partial charge in [-0.15, -0.1) is 22.7 Å². The maximum atomic E-state index is 13.0. The van der Waals surface area contributed by atoms with Gasteiger partial charge in [0.1, 0.15) is 5.01 Å². The van der Waals surface area contributed by atoms with Gasteiger partial charge < -0.3 is 0 Å². The highest BCUT2D eigenvalue weighted by atomic mass is 32.2. The lowest BCUT2D eigenvalue weighted by Gasteiger charge is -2.18. The Hall–Kier alpha value is -2.15. The third-order valence-electron chi connectivity index (χ3n) is 5.48. The summed E-state index contributed by atoms with van der Waals surface area (Å²) in [5, 5.41) is 4.76. The number of sulfonamides is 1. The van der Waals surface area contributed by atoms with Crippen LogP contribution in [0.2, 0.25) is 0 Å². The maximum absolute atomic E-state index is 13.0. The molecule has 0 saturated heterocycles. The zero-order valence-corrected chi connectivity index (χ0v) is 22.2. The fourth-order valence-electron chi connectivity index (χ4n) is 3.81. The lowest BCUT2D eigenvalue weighted by Crippen LogP contribution is -2.32. The van der Waals surface area contributed by atoms with E-state index in [1.807, 2.05) is 35.0 Å². The third-order valence-corrected chi connectivity index (χ3v) is 9.26. The highest BCUT2D eigenvalue weighted by molar-refractivity contribution is 7.89. The van der Waals surface area contributed by atoms with Crippen molar-refractivity contribution >= 4 is 49.7 Å². The zero-order valence-electron chi connectivity index (χ0n) is 18.9. The molecule has 3 N–H and O–H groups in total. The summed E-state index contributed by atoms with van der Waals surface area (Å²) >= 11 is 0.939. The molecule has 1 unspecified atom stereocenters. The summed E-state index contributed by atoms with van der Waals surface area (Å²) in [6.07, 6.45) is 10.1. The Balaban J connectivity index is 1.48. The monoisotopic (exact) mass is 549 g/mol. The fourth-order valence-corrected chi connectivity index (χ4v) is 7.11. The Morgan fingerprint density at radius 2 is 1.97 bits per heavy atom. The lowest BCUT2D eigenvalue weighted by atomic mass is 10.0. The van der Waals surface area contributed by atoms with E-state index in [4.69, 9.17) is 9.54 Å². The molecule has 0 fully saturated rings. The number of thiazole rings is 1. The quantitative estimate of drug-likeness (QED) is 0.252. The molecule has 1 aliphatic carbocycles. The van der Waals surface area contributed by atoms with Gasteiger partial charge in [-0.1, -0.05) is 42.0 Å². The van der Waals surface area contributed by atoms with Crippen molar-refractivity contribution in [1.82, 2.24) is 9.71 Å². The number of allylic oxidation sites excluding steroid dienone is 4. The van der Waals surface area contributed by atoms with Crippen LogP contribution in [-0.4, -0.2) is 27.9 Å². The van der Waals surface area contributed by atoms with Crippen molar-refractivity contribution in [3.63, 3.8) is 0 Å². The number of nitrogens with zero attached hydrogens (tertiary/aromatic N) is 1. The second-order valence-corrected chi connectivity index (χ2v) is 12.5. The maximum Gasteiger partial charge on any atom is 0.259 e. The Morgan fingerprint density at radius 1 is 1.14 bits per heavy atom. The molecule has 2 heterocycles. The van der Waals surface area contributed by atoms with Crippen LogP contribution in [0.15, 0.2) is 71.0 Å². The number of benzene rings is 1. The van der Waals surface area contributed by atoms with Gasteiger partial charge >= 0.3 is 0 Å². The van der Waals surface area contributed by atoms with Crippen LogP contribution in [0.25, 0.3) is 9.88 Å². The average molecular weight is 550 g/mol. The molecule has 4 rings (SSSR count). The van der Waals surface area contributed by atoms with Crippen molar-refractivity contribution < 1.29 is 17.2 Å². The van der Waals surface area contributed by atoms with Gasteiger partial charge in [0.25, 0.3) is 11.3 Å². The summed E-state index contributed by atoms with van der Waals surface area (Å²) in [4.78, 5) is 5.79. The molecule has 186 valence electrons. The minimum atomic E-state index is -3.54. The molecule has 0 bridgehead atoms. The van der Waals surface area contributed by atoms with Gasteiger partial charge in [0.05, 0.1) is 22.4 Å². The van der Waals surface area contributed by atoms with Gasteiger partial charge in [-0.05, 0) is 61.2 Å². The molecule has 0 amide bonds. The second-order valence-electron chi connectivity index (χ2n) is 8.16. The van der Waals surface area contributed by atoms with Gasteiger partial charge in [-0.2, -0.15) is 0 Å². The van der Waals surface area contributed by atoms with Crippen molar-refractivity contribution in [3.05, 3.63) is 82.2 Å². The Morgan fingerprint density at radius 3 is 2.66 bits per heavy atom. The molecule has 35 heavy (non-hydrogen) atoms.